The molecule has 8 heteroatoms. The number of nitrogens with zero attached hydrogens (tertiary/aromatic N) is 3. The second-order valence-corrected chi connectivity index (χ2v) is 8.76. The lowest BCUT2D eigenvalue weighted by atomic mass is 10.1. The number of nitro groups is 1. The molecule has 0 spiro atoms. The van der Waals surface area contributed by atoms with Crippen molar-refractivity contribution in [2.24, 2.45) is 4.99 Å². The number of aryl methyl sites for hydroxylation is 2. The van der Waals surface area contributed by atoms with Crippen molar-refractivity contribution < 1.29 is 14.1 Å². The van der Waals surface area contributed by atoms with E-state index >= 15 is 0 Å². The van der Waals surface area contributed by atoms with E-state index in [-0.39, 0.29) is 11.6 Å². The Balaban J connectivity index is 1.64. The molecule has 1 amide bonds. The molecule has 0 atom stereocenters. The minimum Gasteiger partial charge on any atom is -0.457 e. The van der Waals surface area contributed by atoms with Crippen molar-refractivity contribution in [2.45, 2.75) is 27.2 Å². The fourth-order valence-corrected chi connectivity index (χ4v) is 4.44. The fraction of sp³-hybridized carbons (Fsp3) is 0.200. The van der Waals surface area contributed by atoms with E-state index in [0.717, 1.165) is 23.2 Å². The summed E-state index contributed by atoms with van der Waals surface area (Å²) in [5.41, 5.74) is 3.45. The van der Waals surface area contributed by atoms with Crippen LogP contribution in [0.1, 0.15) is 30.2 Å². The summed E-state index contributed by atoms with van der Waals surface area (Å²) in [6.07, 6.45) is 2.51. The molecule has 1 aliphatic rings. The van der Waals surface area contributed by atoms with Crippen LogP contribution in [0.3, 0.4) is 0 Å². The quantitative estimate of drug-likeness (QED) is 0.238. The molecule has 168 valence electrons. The molecule has 0 radical (unpaired) electrons. The average molecular weight is 462 g/mol. The lowest BCUT2D eigenvalue weighted by Crippen LogP contribution is -2.29. The Labute approximate surface area is 196 Å². The molecule has 0 N–H and O–H groups in total. The van der Waals surface area contributed by atoms with Crippen molar-refractivity contribution in [1.29, 1.82) is 0 Å². The summed E-state index contributed by atoms with van der Waals surface area (Å²) in [7, 11) is 0. The van der Waals surface area contributed by atoms with Crippen molar-refractivity contribution in [1.82, 2.24) is 4.90 Å². The van der Waals surface area contributed by atoms with Crippen LogP contribution in [0, 0.1) is 24.0 Å². The molecule has 0 aliphatic carbocycles. The Morgan fingerprint density at radius 2 is 1.88 bits per heavy atom. The van der Waals surface area contributed by atoms with Gasteiger partial charge in [0.05, 0.1) is 15.5 Å². The smallest absolute Gasteiger partial charge is 0.270 e. The minimum absolute atomic E-state index is 0.000553. The number of benzene rings is 2. The van der Waals surface area contributed by atoms with Gasteiger partial charge >= 0.3 is 0 Å². The van der Waals surface area contributed by atoms with Gasteiger partial charge in [-0.15, -0.1) is 0 Å². The molecule has 0 bridgehead atoms. The van der Waals surface area contributed by atoms with Gasteiger partial charge in [0, 0.05) is 30.3 Å². The number of non-ortho nitro benzene ring substituents is 1. The highest BCUT2D eigenvalue weighted by atomic mass is 32.2. The van der Waals surface area contributed by atoms with E-state index in [0.29, 0.717) is 33.7 Å². The Morgan fingerprint density at radius 3 is 2.58 bits per heavy atom. The highest BCUT2D eigenvalue weighted by molar-refractivity contribution is 8.18. The van der Waals surface area contributed by atoms with E-state index in [4.69, 9.17) is 4.42 Å². The standard InChI is InChI=1S/C25H23N3O4S/c1-4-13-27-24(29)23(33-25(27)26-18-8-5-16(2)6-9-18)15-20-11-12-22(32-20)21-14-19(28(30)31)10-7-17(21)3/h5-12,14-15H,4,13H2,1-3H3/b23-15+,26-25?. The van der Waals surface area contributed by atoms with Gasteiger partial charge in [0.2, 0.25) is 0 Å². The summed E-state index contributed by atoms with van der Waals surface area (Å²) in [6.45, 7) is 6.47. The van der Waals surface area contributed by atoms with Gasteiger partial charge < -0.3 is 4.42 Å². The van der Waals surface area contributed by atoms with Crippen LogP contribution in [0.4, 0.5) is 11.4 Å². The van der Waals surface area contributed by atoms with Crippen LogP contribution >= 0.6 is 11.8 Å². The number of aliphatic imine (C=N–C) groups is 1. The third kappa shape index (κ3) is 4.90. The highest BCUT2D eigenvalue weighted by Crippen LogP contribution is 2.36. The zero-order valence-corrected chi connectivity index (χ0v) is 19.4. The first kappa shape index (κ1) is 22.5. The predicted molar refractivity (Wildman–Crippen MR) is 131 cm³/mol. The van der Waals surface area contributed by atoms with Gasteiger partial charge in [-0.3, -0.25) is 19.8 Å². The van der Waals surface area contributed by atoms with E-state index in [2.05, 4.69) is 4.99 Å². The molecule has 4 rings (SSSR count). The van der Waals surface area contributed by atoms with Crippen molar-refractivity contribution >= 4 is 40.3 Å². The molecule has 1 aliphatic heterocycles. The highest BCUT2D eigenvalue weighted by Gasteiger charge is 2.33. The van der Waals surface area contributed by atoms with E-state index in [9.17, 15) is 14.9 Å². The van der Waals surface area contributed by atoms with E-state index < -0.39 is 4.92 Å². The maximum absolute atomic E-state index is 13.0. The maximum Gasteiger partial charge on any atom is 0.270 e. The Kier molecular flexibility index (Phi) is 6.46. The van der Waals surface area contributed by atoms with Crippen LogP contribution in [0.2, 0.25) is 0 Å². The van der Waals surface area contributed by atoms with Crippen LogP contribution in [0.5, 0.6) is 0 Å². The zero-order chi connectivity index (χ0) is 23.5. The molecule has 3 aromatic rings. The molecule has 1 aromatic heterocycles. The van der Waals surface area contributed by atoms with Gasteiger partial charge in [-0.2, -0.15) is 0 Å². The SMILES string of the molecule is CCCN1C(=O)/C(=C\c2ccc(-c3cc([N+](=O)[O-])ccc3C)o2)SC1=Nc1ccc(C)cc1. The number of hydrogen-bond donors (Lipinski definition) is 0. The molecule has 0 saturated carbocycles. The first-order valence-electron chi connectivity index (χ1n) is 10.6. The monoisotopic (exact) mass is 461 g/mol. The first-order chi connectivity index (χ1) is 15.9. The van der Waals surface area contributed by atoms with Crippen LogP contribution in [-0.2, 0) is 4.79 Å². The molecule has 1 saturated heterocycles. The molecule has 2 aromatic carbocycles. The molecular weight excluding hydrogens is 438 g/mol. The average Bonchev–Trinajstić information content (AvgIpc) is 3.36. The predicted octanol–water partition coefficient (Wildman–Crippen LogP) is 6.49. The van der Waals surface area contributed by atoms with Gasteiger partial charge in [-0.25, -0.2) is 4.99 Å². The number of hydrogen-bond acceptors (Lipinski definition) is 6. The van der Waals surface area contributed by atoms with Crippen LogP contribution in [-0.4, -0.2) is 27.4 Å². The van der Waals surface area contributed by atoms with Gasteiger partial charge in [-0.1, -0.05) is 30.7 Å². The summed E-state index contributed by atoms with van der Waals surface area (Å²) < 4.78 is 5.93. The fourth-order valence-electron chi connectivity index (χ4n) is 3.44. The third-order valence-electron chi connectivity index (χ3n) is 5.19. The number of rotatable bonds is 6. The summed E-state index contributed by atoms with van der Waals surface area (Å²) in [4.78, 5) is 30.6. The van der Waals surface area contributed by atoms with Gasteiger partial charge in [0.25, 0.3) is 11.6 Å². The Bertz CT molecular complexity index is 1280. The summed E-state index contributed by atoms with van der Waals surface area (Å²) in [6, 6.07) is 16.0. The number of nitro benzene ring substituents is 1. The molecule has 33 heavy (non-hydrogen) atoms. The van der Waals surface area contributed by atoms with Gasteiger partial charge in [-0.05, 0) is 61.9 Å². The maximum atomic E-state index is 13.0. The number of carbonyl (C=O) groups is 1. The summed E-state index contributed by atoms with van der Waals surface area (Å²) in [5.74, 6) is 0.898. The van der Waals surface area contributed by atoms with Crippen molar-refractivity contribution in [2.75, 3.05) is 6.54 Å². The number of furan rings is 1. The van der Waals surface area contributed by atoms with Crippen molar-refractivity contribution in [3.05, 3.63) is 86.5 Å². The number of carbonyl (C=O) groups excluding carboxylic acids is 1. The second-order valence-electron chi connectivity index (χ2n) is 7.76. The normalized spacial score (nSPS) is 16.2. The lowest BCUT2D eigenvalue weighted by molar-refractivity contribution is -0.384. The topological polar surface area (TPSA) is 89.0 Å². The van der Waals surface area contributed by atoms with E-state index in [1.54, 1.807) is 29.2 Å². The van der Waals surface area contributed by atoms with Crippen LogP contribution in [0.25, 0.3) is 17.4 Å². The number of amidine groups is 1. The van der Waals surface area contributed by atoms with Gasteiger partial charge in [0.1, 0.15) is 11.5 Å². The lowest BCUT2D eigenvalue weighted by Gasteiger charge is -2.13. The summed E-state index contributed by atoms with van der Waals surface area (Å²) in [5, 5.41) is 11.8. The summed E-state index contributed by atoms with van der Waals surface area (Å²) >= 11 is 1.31. The number of thioether (sulfide) groups is 1. The molecule has 7 nitrogen and oxygen atoms in total. The van der Waals surface area contributed by atoms with Crippen molar-refractivity contribution in [3.8, 4) is 11.3 Å². The Morgan fingerprint density at radius 1 is 1.12 bits per heavy atom. The van der Waals surface area contributed by atoms with Crippen molar-refractivity contribution in [3.63, 3.8) is 0 Å². The van der Waals surface area contributed by atoms with E-state index in [1.807, 2.05) is 45.0 Å². The van der Waals surface area contributed by atoms with Crippen LogP contribution in [0.15, 0.2) is 68.9 Å². The zero-order valence-electron chi connectivity index (χ0n) is 18.6. The first-order valence-corrected chi connectivity index (χ1v) is 11.4. The van der Waals surface area contributed by atoms with Gasteiger partial charge in [0.15, 0.2) is 5.17 Å². The molecule has 2 heterocycles. The molecule has 1 fully saturated rings. The largest absolute Gasteiger partial charge is 0.457 e. The van der Waals surface area contributed by atoms with E-state index in [1.165, 1.54) is 23.9 Å². The molecule has 0 unspecified atom stereocenters. The molecular formula is C25H23N3O4S. The van der Waals surface area contributed by atoms with Crippen LogP contribution < -0.4 is 0 Å². The minimum atomic E-state index is -0.431. The Hall–Kier alpha value is -3.65. The number of amides is 1. The third-order valence-corrected chi connectivity index (χ3v) is 6.20. The second kappa shape index (κ2) is 9.46.